The fraction of sp³-hybridized carbons (Fsp3) is 0.0500. The number of nitrogens with zero attached hydrogens (tertiary/aromatic N) is 3. The molecule has 0 unspecified atom stereocenters. The van der Waals surface area contributed by atoms with Crippen LogP contribution >= 0.6 is 0 Å². The van der Waals surface area contributed by atoms with Gasteiger partial charge < -0.3 is 4.90 Å². The molecule has 5 aromatic rings. The van der Waals surface area contributed by atoms with Gasteiger partial charge >= 0.3 is 0 Å². The minimum absolute atomic E-state index is 0.686. The molecule has 0 aliphatic heterocycles. The number of benzene rings is 4. The fourth-order valence-electron chi connectivity index (χ4n) is 4.93. The monoisotopic (exact) mass is 557 g/mol. The van der Waals surface area contributed by atoms with Gasteiger partial charge in [-0.2, -0.15) is 0 Å². The van der Waals surface area contributed by atoms with E-state index < -0.39 is 0 Å². The summed E-state index contributed by atoms with van der Waals surface area (Å²) in [6.45, 7) is 12.0. The molecule has 0 aliphatic carbocycles. The third kappa shape index (κ3) is 7.03. The van der Waals surface area contributed by atoms with Crippen LogP contribution in [0.1, 0.15) is 13.8 Å². The topological polar surface area (TPSA) is 28.5 Å². The van der Waals surface area contributed by atoms with Gasteiger partial charge in [-0.05, 0) is 90.2 Å². The number of hydrogen-bond acceptors (Lipinski definition) is 3. The number of anilines is 2. The van der Waals surface area contributed by atoms with E-state index in [2.05, 4.69) is 144 Å². The maximum atomic E-state index is 4.69. The van der Waals surface area contributed by atoms with Crippen LogP contribution in [0.25, 0.3) is 33.5 Å². The predicted octanol–water partition coefficient (Wildman–Crippen LogP) is 10.8. The number of rotatable bonds is 10. The molecule has 0 atom stereocenters. The summed E-state index contributed by atoms with van der Waals surface area (Å²) >= 11 is 0. The second kappa shape index (κ2) is 13.9. The highest BCUT2D eigenvalue weighted by molar-refractivity contribution is 5.82. The van der Waals surface area contributed by atoms with Gasteiger partial charge in [0.25, 0.3) is 0 Å². The molecule has 3 heteroatoms. The second-order valence-electron chi connectivity index (χ2n) is 10.1. The van der Waals surface area contributed by atoms with Crippen LogP contribution in [0.15, 0.2) is 181 Å². The number of pyridine rings is 1. The van der Waals surface area contributed by atoms with Crippen LogP contribution in [0.2, 0.25) is 0 Å². The zero-order valence-corrected chi connectivity index (χ0v) is 24.7. The average Bonchev–Trinajstić information content (AvgIpc) is 3.08. The van der Waals surface area contributed by atoms with E-state index in [9.17, 15) is 0 Å². The van der Waals surface area contributed by atoms with Crippen LogP contribution in [0.5, 0.6) is 0 Å². The number of aromatic nitrogens is 1. The minimum Gasteiger partial charge on any atom is -0.311 e. The lowest BCUT2D eigenvalue weighted by Gasteiger charge is -2.28. The Morgan fingerprint density at radius 1 is 0.698 bits per heavy atom. The molecule has 0 N–H and O–H groups in total. The molecule has 0 radical (unpaired) electrons. The van der Waals surface area contributed by atoms with Gasteiger partial charge in [-0.25, -0.2) is 0 Å². The first kappa shape index (κ1) is 29.0. The van der Waals surface area contributed by atoms with Gasteiger partial charge in [-0.3, -0.25) is 9.98 Å². The Labute approximate surface area is 255 Å². The highest BCUT2D eigenvalue weighted by atomic mass is 15.1. The molecule has 1 aromatic heterocycles. The molecule has 1 heterocycles. The quantitative estimate of drug-likeness (QED) is 0.126. The first-order valence-electron chi connectivity index (χ1n) is 14.3. The Hall–Kier alpha value is -5.54. The summed E-state index contributed by atoms with van der Waals surface area (Å²) in [6, 6.07) is 42.3. The molecule has 0 fully saturated rings. The Kier molecular flexibility index (Phi) is 9.35. The second-order valence-corrected chi connectivity index (χ2v) is 10.1. The minimum atomic E-state index is 0.686. The van der Waals surface area contributed by atoms with Crippen LogP contribution in [0.3, 0.4) is 0 Å². The van der Waals surface area contributed by atoms with Crippen molar-refractivity contribution >= 4 is 17.6 Å². The molecule has 4 aromatic carbocycles. The van der Waals surface area contributed by atoms with E-state index >= 15 is 0 Å². The molecule has 0 aliphatic rings. The SMILES string of the molecule is C=CC=NC(=C)C(C)=C/C(=C\C)N(c1ccc(-c2ccccc2)cc1)c1cc(-c2ccccc2)cc(-c2ccccn2)c1. The van der Waals surface area contributed by atoms with E-state index in [4.69, 9.17) is 0 Å². The Morgan fingerprint density at radius 2 is 1.30 bits per heavy atom. The number of aliphatic imine (C=N–C) groups is 1. The van der Waals surface area contributed by atoms with Crippen molar-refractivity contribution in [3.63, 3.8) is 0 Å². The van der Waals surface area contributed by atoms with Crippen molar-refractivity contribution < 1.29 is 0 Å². The van der Waals surface area contributed by atoms with Crippen LogP contribution in [-0.2, 0) is 0 Å². The highest BCUT2D eigenvalue weighted by Crippen LogP contribution is 2.38. The van der Waals surface area contributed by atoms with Gasteiger partial charge in [-0.1, -0.05) is 104 Å². The standard InChI is InChI=1S/C40H35N3/c1-5-24-41-31(4)30(3)26-37(6-2)43(38-22-20-34(21-23-38)32-15-9-7-10-16-32)39-28-35(33-17-11-8-12-18-33)27-36(29-39)40-19-13-14-25-42-40/h5-29H,1,4H2,2-3H3/b30-26?,37-6+,41-24?. The molecule has 43 heavy (non-hydrogen) atoms. The largest absolute Gasteiger partial charge is 0.311 e. The predicted molar refractivity (Wildman–Crippen MR) is 184 cm³/mol. The maximum Gasteiger partial charge on any atom is 0.0702 e. The van der Waals surface area contributed by atoms with Crippen molar-refractivity contribution in [2.24, 2.45) is 4.99 Å². The third-order valence-electron chi connectivity index (χ3n) is 7.19. The Balaban J connectivity index is 1.70. The molecular formula is C40H35N3. The summed E-state index contributed by atoms with van der Waals surface area (Å²) in [4.78, 5) is 11.4. The van der Waals surface area contributed by atoms with Crippen molar-refractivity contribution in [3.05, 3.63) is 176 Å². The lowest BCUT2D eigenvalue weighted by molar-refractivity contribution is 1.18. The first-order chi connectivity index (χ1) is 21.1. The zero-order chi connectivity index (χ0) is 30.0. The van der Waals surface area contributed by atoms with E-state index in [-0.39, 0.29) is 0 Å². The van der Waals surface area contributed by atoms with Gasteiger partial charge in [0.1, 0.15) is 0 Å². The van der Waals surface area contributed by atoms with Gasteiger partial charge in [0.05, 0.1) is 11.4 Å². The molecule has 0 saturated carbocycles. The van der Waals surface area contributed by atoms with Crippen molar-refractivity contribution in [3.8, 4) is 33.5 Å². The molecule has 5 rings (SSSR count). The van der Waals surface area contributed by atoms with E-state index in [1.165, 1.54) is 5.56 Å². The lowest BCUT2D eigenvalue weighted by atomic mass is 9.99. The van der Waals surface area contributed by atoms with Crippen LogP contribution in [-0.4, -0.2) is 11.2 Å². The van der Waals surface area contributed by atoms with Crippen LogP contribution in [0, 0.1) is 0 Å². The van der Waals surface area contributed by atoms with Crippen molar-refractivity contribution in [1.29, 1.82) is 0 Å². The van der Waals surface area contributed by atoms with Crippen molar-refractivity contribution in [1.82, 2.24) is 4.98 Å². The summed E-state index contributed by atoms with van der Waals surface area (Å²) in [6.07, 6.45) is 9.41. The van der Waals surface area contributed by atoms with Crippen LogP contribution < -0.4 is 4.90 Å². The Morgan fingerprint density at radius 3 is 1.91 bits per heavy atom. The number of allylic oxidation sites excluding steroid dienone is 4. The lowest BCUT2D eigenvalue weighted by Crippen LogP contribution is -2.16. The van der Waals surface area contributed by atoms with E-state index in [1.807, 2.05) is 37.4 Å². The molecule has 210 valence electrons. The molecule has 3 nitrogen and oxygen atoms in total. The van der Waals surface area contributed by atoms with E-state index in [1.54, 1.807) is 12.3 Å². The number of hydrogen-bond donors (Lipinski definition) is 0. The van der Waals surface area contributed by atoms with E-state index in [0.29, 0.717) is 5.70 Å². The van der Waals surface area contributed by atoms with Gasteiger partial charge in [0, 0.05) is 35.0 Å². The zero-order valence-electron chi connectivity index (χ0n) is 24.7. The molecular weight excluding hydrogens is 522 g/mol. The Bertz CT molecular complexity index is 1720. The summed E-state index contributed by atoms with van der Waals surface area (Å²) in [5.74, 6) is 0. The van der Waals surface area contributed by atoms with Gasteiger partial charge in [-0.15, -0.1) is 0 Å². The van der Waals surface area contributed by atoms with Crippen LogP contribution in [0.4, 0.5) is 11.4 Å². The summed E-state index contributed by atoms with van der Waals surface area (Å²) in [5.41, 5.74) is 11.3. The summed E-state index contributed by atoms with van der Waals surface area (Å²) < 4.78 is 0. The average molecular weight is 558 g/mol. The summed E-state index contributed by atoms with van der Waals surface area (Å²) in [5, 5.41) is 0. The van der Waals surface area contributed by atoms with E-state index in [0.717, 1.165) is 50.6 Å². The van der Waals surface area contributed by atoms with Crippen molar-refractivity contribution in [2.45, 2.75) is 13.8 Å². The molecule has 0 bridgehead atoms. The third-order valence-corrected chi connectivity index (χ3v) is 7.19. The molecule has 0 spiro atoms. The first-order valence-corrected chi connectivity index (χ1v) is 14.3. The highest BCUT2D eigenvalue weighted by Gasteiger charge is 2.17. The fourth-order valence-corrected chi connectivity index (χ4v) is 4.93. The normalized spacial score (nSPS) is 11.9. The van der Waals surface area contributed by atoms with Gasteiger partial charge in [0.15, 0.2) is 0 Å². The maximum absolute atomic E-state index is 4.69. The smallest absolute Gasteiger partial charge is 0.0702 e. The van der Waals surface area contributed by atoms with Crippen molar-refractivity contribution in [2.75, 3.05) is 4.90 Å². The van der Waals surface area contributed by atoms with Gasteiger partial charge in [0.2, 0.25) is 0 Å². The molecule has 0 amide bonds. The summed E-state index contributed by atoms with van der Waals surface area (Å²) in [7, 11) is 0. The molecule has 0 saturated heterocycles.